The van der Waals surface area contributed by atoms with Crippen molar-refractivity contribution < 1.29 is 4.74 Å². The predicted octanol–water partition coefficient (Wildman–Crippen LogP) is 3.08. The number of benzene rings is 1. The van der Waals surface area contributed by atoms with Gasteiger partial charge in [0.1, 0.15) is 23.4 Å². The number of aromatic nitrogens is 4. The Labute approximate surface area is 121 Å². The average molecular weight is 289 g/mol. The van der Waals surface area contributed by atoms with E-state index in [0.29, 0.717) is 22.9 Å². The summed E-state index contributed by atoms with van der Waals surface area (Å²) in [5, 5.41) is 0.353. The Balaban J connectivity index is 2.25. The Morgan fingerprint density at radius 2 is 2.05 bits per heavy atom. The van der Waals surface area contributed by atoms with Crippen molar-refractivity contribution in [3.05, 3.63) is 35.7 Å². The molecule has 0 bridgehead atoms. The highest BCUT2D eigenvalue weighted by molar-refractivity contribution is 6.33. The highest BCUT2D eigenvalue weighted by Crippen LogP contribution is 2.31. The van der Waals surface area contributed by atoms with Crippen LogP contribution in [-0.2, 0) is 7.05 Å². The van der Waals surface area contributed by atoms with E-state index in [2.05, 4.69) is 15.0 Å². The van der Waals surface area contributed by atoms with Crippen molar-refractivity contribution >= 4 is 22.8 Å². The molecule has 2 heterocycles. The van der Waals surface area contributed by atoms with E-state index < -0.39 is 0 Å². The lowest BCUT2D eigenvalue weighted by molar-refractivity contribution is 0.341. The van der Waals surface area contributed by atoms with Crippen molar-refractivity contribution in [1.29, 1.82) is 0 Å². The fraction of sp³-hybridized carbons (Fsp3) is 0.214. The van der Waals surface area contributed by atoms with Crippen LogP contribution in [0.4, 0.5) is 0 Å². The summed E-state index contributed by atoms with van der Waals surface area (Å²) in [7, 11) is 1.90. The van der Waals surface area contributed by atoms with Crippen molar-refractivity contribution in [2.45, 2.75) is 6.92 Å². The van der Waals surface area contributed by atoms with Gasteiger partial charge in [0.25, 0.3) is 0 Å². The van der Waals surface area contributed by atoms with Crippen LogP contribution < -0.4 is 4.74 Å². The molecule has 0 N–H and O–H groups in total. The number of nitrogens with zero attached hydrogens (tertiary/aromatic N) is 4. The summed E-state index contributed by atoms with van der Waals surface area (Å²) in [4.78, 5) is 12.7. The van der Waals surface area contributed by atoms with E-state index in [1.165, 1.54) is 6.33 Å². The topological polar surface area (TPSA) is 52.8 Å². The fourth-order valence-corrected chi connectivity index (χ4v) is 2.32. The molecule has 5 nitrogen and oxygen atoms in total. The molecule has 0 aliphatic carbocycles. The summed E-state index contributed by atoms with van der Waals surface area (Å²) in [5.74, 6) is 1.55. The number of fused-ring (bicyclic) bond motifs is 1. The lowest BCUT2D eigenvalue weighted by Gasteiger charge is -2.09. The predicted molar refractivity (Wildman–Crippen MR) is 77.9 cm³/mol. The van der Waals surface area contributed by atoms with E-state index in [9.17, 15) is 0 Å². The van der Waals surface area contributed by atoms with E-state index >= 15 is 0 Å². The van der Waals surface area contributed by atoms with Gasteiger partial charge in [-0.3, -0.25) is 0 Å². The van der Waals surface area contributed by atoms with Crippen LogP contribution in [0.3, 0.4) is 0 Å². The second-order valence-corrected chi connectivity index (χ2v) is 4.62. The largest absolute Gasteiger partial charge is 0.493 e. The van der Waals surface area contributed by atoms with Crippen LogP contribution in [0.15, 0.2) is 30.6 Å². The molecule has 1 aromatic carbocycles. The molecule has 0 saturated carbocycles. The van der Waals surface area contributed by atoms with Gasteiger partial charge in [-0.25, -0.2) is 15.0 Å². The molecule has 0 unspecified atom stereocenters. The number of imidazole rings is 1. The second-order valence-electron chi connectivity index (χ2n) is 4.26. The molecule has 0 spiro atoms. The molecule has 0 saturated heterocycles. The molecule has 0 fully saturated rings. The number of halogens is 1. The molecular weight excluding hydrogens is 276 g/mol. The van der Waals surface area contributed by atoms with Crippen LogP contribution in [0.1, 0.15) is 6.92 Å². The van der Waals surface area contributed by atoms with Crippen molar-refractivity contribution in [1.82, 2.24) is 19.5 Å². The molecule has 3 aromatic rings. The minimum Gasteiger partial charge on any atom is -0.493 e. The molecule has 3 rings (SSSR count). The van der Waals surface area contributed by atoms with Gasteiger partial charge in [0.15, 0.2) is 10.8 Å². The monoisotopic (exact) mass is 288 g/mol. The van der Waals surface area contributed by atoms with Gasteiger partial charge in [0, 0.05) is 7.05 Å². The third-order valence-electron chi connectivity index (χ3n) is 3.04. The summed E-state index contributed by atoms with van der Waals surface area (Å²) in [6.07, 6.45) is 1.44. The average Bonchev–Trinajstić information content (AvgIpc) is 2.79. The normalized spacial score (nSPS) is 10.9. The molecule has 20 heavy (non-hydrogen) atoms. The summed E-state index contributed by atoms with van der Waals surface area (Å²) < 4.78 is 7.54. The van der Waals surface area contributed by atoms with Crippen molar-refractivity contribution in [3.8, 4) is 17.1 Å². The number of para-hydroxylation sites is 1. The van der Waals surface area contributed by atoms with Crippen molar-refractivity contribution in [2.75, 3.05) is 6.61 Å². The third kappa shape index (κ3) is 2.00. The van der Waals surface area contributed by atoms with Crippen LogP contribution in [-0.4, -0.2) is 26.1 Å². The maximum Gasteiger partial charge on any atom is 0.165 e. The Bertz CT molecular complexity index is 769. The Morgan fingerprint density at radius 1 is 1.25 bits per heavy atom. The van der Waals surface area contributed by atoms with E-state index in [1.54, 1.807) is 0 Å². The zero-order valence-electron chi connectivity index (χ0n) is 11.2. The zero-order valence-corrected chi connectivity index (χ0v) is 11.9. The SMILES string of the molecule is CCOc1ccccc1-c1nc2c(Cl)ncnc2n1C. The first kappa shape index (κ1) is 12.9. The lowest BCUT2D eigenvalue weighted by Crippen LogP contribution is -1.98. The molecule has 0 aliphatic heterocycles. The molecule has 0 radical (unpaired) electrons. The number of aryl methyl sites for hydroxylation is 1. The number of hydrogen-bond donors (Lipinski definition) is 0. The Kier molecular flexibility index (Phi) is 3.28. The number of rotatable bonds is 3. The van der Waals surface area contributed by atoms with Gasteiger partial charge in [-0.05, 0) is 19.1 Å². The van der Waals surface area contributed by atoms with E-state index in [0.717, 1.165) is 17.1 Å². The first-order valence-electron chi connectivity index (χ1n) is 6.27. The van der Waals surface area contributed by atoms with Gasteiger partial charge in [-0.15, -0.1) is 0 Å². The maximum absolute atomic E-state index is 6.07. The van der Waals surface area contributed by atoms with E-state index in [4.69, 9.17) is 16.3 Å². The quantitative estimate of drug-likeness (QED) is 0.695. The minimum atomic E-state index is 0.353. The van der Waals surface area contributed by atoms with Crippen LogP contribution >= 0.6 is 11.6 Å². The van der Waals surface area contributed by atoms with E-state index in [1.807, 2.05) is 42.8 Å². The Hall–Kier alpha value is -2.14. The summed E-state index contributed by atoms with van der Waals surface area (Å²) in [6.45, 7) is 2.55. The zero-order chi connectivity index (χ0) is 14.1. The van der Waals surface area contributed by atoms with Gasteiger partial charge in [0.2, 0.25) is 0 Å². The standard InChI is InChI=1S/C14H13ClN4O/c1-3-20-10-7-5-4-6-9(10)13-18-11-12(15)16-8-17-14(11)19(13)2/h4-8H,3H2,1-2H3. The molecule has 0 aliphatic rings. The molecule has 2 aromatic heterocycles. The highest BCUT2D eigenvalue weighted by atomic mass is 35.5. The maximum atomic E-state index is 6.07. The van der Waals surface area contributed by atoms with Crippen LogP contribution in [0, 0.1) is 0 Å². The first-order valence-corrected chi connectivity index (χ1v) is 6.65. The van der Waals surface area contributed by atoms with Crippen molar-refractivity contribution in [3.63, 3.8) is 0 Å². The van der Waals surface area contributed by atoms with E-state index in [-0.39, 0.29) is 0 Å². The summed E-state index contributed by atoms with van der Waals surface area (Å²) in [6, 6.07) is 7.77. The second kappa shape index (κ2) is 5.09. The van der Waals surface area contributed by atoms with Gasteiger partial charge in [-0.1, -0.05) is 23.7 Å². The Morgan fingerprint density at radius 3 is 2.80 bits per heavy atom. The highest BCUT2D eigenvalue weighted by Gasteiger charge is 2.16. The van der Waals surface area contributed by atoms with Crippen LogP contribution in [0.5, 0.6) is 5.75 Å². The third-order valence-corrected chi connectivity index (χ3v) is 3.32. The smallest absolute Gasteiger partial charge is 0.165 e. The fourth-order valence-electron chi connectivity index (χ4n) is 2.15. The van der Waals surface area contributed by atoms with Crippen molar-refractivity contribution in [2.24, 2.45) is 7.05 Å². The minimum absolute atomic E-state index is 0.353. The molecule has 102 valence electrons. The first-order chi connectivity index (χ1) is 9.72. The number of hydrogen-bond acceptors (Lipinski definition) is 4. The number of ether oxygens (including phenoxy) is 1. The molecule has 0 atom stereocenters. The summed E-state index contributed by atoms with van der Waals surface area (Å²) in [5.41, 5.74) is 2.20. The van der Waals surface area contributed by atoms with Gasteiger partial charge in [-0.2, -0.15) is 0 Å². The molecular formula is C14H13ClN4O. The van der Waals surface area contributed by atoms with Crippen LogP contribution in [0.2, 0.25) is 5.15 Å². The molecule has 6 heteroatoms. The van der Waals surface area contributed by atoms with Gasteiger partial charge < -0.3 is 9.30 Å². The molecule has 0 amide bonds. The van der Waals surface area contributed by atoms with Gasteiger partial charge >= 0.3 is 0 Å². The lowest BCUT2D eigenvalue weighted by atomic mass is 10.2. The van der Waals surface area contributed by atoms with Crippen LogP contribution in [0.25, 0.3) is 22.6 Å². The van der Waals surface area contributed by atoms with Gasteiger partial charge in [0.05, 0.1) is 12.2 Å². The summed E-state index contributed by atoms with van der Waals surface area (Å²) >= 11 is 6.07.